The lowest BCUT2D eigenvalue weighted by Crippen LogP contribution is -2.54. The first kappa shape index (κ1) is 17.7. The lowest BCUT2D eigenvalue weighted by atomic mass is 10.0. The molecule has 1 aromatic rings. The van der Waals surface area contributed by atoms with Gasteiger partial charge in [0.15, 0.2) is 0 Å². The number of hydrogen-bond acceptors (Lipinski definition) is 5. The highest BCUT2D eigenvalue weighted by atomic mass is 16.6. The summed E-state index contributed by atoms with van der Waals surface area (Å²) in [5.41, 5.74) is 1.44. The Morgan fingerprint density at radius 1 is 1.16 bits per heavy atom. The molecule has 0 spiro atoms. The SMILES string of the molecule is CC(C)(C)OC(=O)N(C(=O)[C@H]1Cc2ccccc2N1)C1CCNCC1. The van der Waals surface area contributed by atoms with Crippen molar-refractivity contribution in [3.05, 3.63) is 29.8 Å². The van der Waals surface area contributed by atoms with Crippen LogP contribution in [0.2, 0.25) is 0 Å². The number of amides is 2. The molecule has 2 aliphatic heterocycles. The molecule has 0 aliphatic carbocycles. The van der Waals surface area contributed by atoms with Crippen LogP contribution in [0.4, 0.5) is 10.5 Å². The molecule has 0 radical (unpaired) electrons. The van der Waals surface area contributed by atoms with Gasteiger partial charge in [0.05, 0.1) is 0 Å². The van der Waals surface area contributed by atoms with E-state index in [1.54, 1.807) is 0 Å². The summed E-state index contributed by atoms with van der Waals surface area (Å²) in [5, 5.41) is 6.53. The summed E-state index contributed by atoms with van der Waals surface area (Å²) in [6.45, 7) is 7.06. The van der Waals surface area contributed by atoms with E-state index in [-0.39, 0.29) is 11.9 Å². The fraction of sp³-hybridized carbons (Fsp3) is 0.579. The third-order valence-electron chi connectivity index (χ3n) is 4.57. The summed E-state index contributed by atoms with van der Waals surface area (Å²) in [4.78, 5) is 27.3. The van der Waals surface area contributed by atoms with Gasteiger partial charge in [-0.25, -0.2) is 9.69 Å². The molecule has 1 fully saturated rings. The fourth-order valence-corrected chi connectivity index (χ4v) is 3.41. The van der Waals surface area contributed by atoms with E-state index in [0.717, 1.165) is 37.2 Å². The number of fused-ring (bicyclic) bond motifs is 1. The Kier molecular flexibility index (Phi) is 4.99. The Balaban J connectivity index is 1.79. The van der Waals surface area contributed by atoms with Gasteiger partial charge in [-0.05, 0) is 58.3 Å². The number of rotatable bonds is 2. The Morgan fingerprint density at radius 3 is 2.48 bits per heavy atom. The van der Waals surface area contributed by atoms with Crippen LogP contribution in [0.15, 0.2) is 24.3 Å². The Morgan fingerprint density at radius 2 is 1.84 bits per heavy atom. The van der Waals surface area contributed by atoms with Crippen LogP contribution in [0, 0.1) is 0 Å². The van der Waals surface area contributed by atoms with Gasteiger partial charge in [-0.2, -0.15) is 0 Å². The van der Waals surface area contributed by atoms with Crippen molar-refractivity contribution >= 4 is 17.7 Å². The lowest BCUT2D eigenvalue weighted by Gasteiger charge is -2.35. The van der Waals surface area contributed by atoms with Gasteiger partial charge in [0, 0.05) is 18.2 Å². The molecule has 3 rings (SSSR count). The van der Waals surface area contributed by atoms with Gasteiger partial charge < -0.3 is 15.4 Å². The molecule has 6 heteroatoms. The predicted molar refractivity (Wildman–Crippen MR) is 96.5 cm³/mol. The first-order valence-electron chi connectivity index (χ1n) is 8.96. The zero-order valence-electron chi connectivity index (χ0n) is 15.2. The number of anilines is 1. The van der Waals surface area contributed by atoms with Crippen LogP contribution in [-0.2, 0) is 16.0 Å². The molecule has 1 saturated heterocycles. The summed E-state index contributed by atoms with van der Waals surface area (Å²) in [5.74, 6) is -0.197. The first-order chi connectivity index (χ1) is 11.8. The topological polar surface area (TPSA) is 70.7 Å². The quantitative estimate of drug-likeness (QED) is 0.862. The molecule has 136 valence electrons. The predicted octanol–water partition coefficient (Wildman–Crippen LogP) is 2.54. The van der Waals surface area contributed by atoms with Crippen molar-refractivity contribution < 1.29 is 14.3 Å². The van der Waals surface area contributed by atoms with E-state index >= 15 is 0 Å². The van der Waals surface area contributed by atoms with Gasteiger partial charge in [-0.3, -0.25) is 4.79 Å². The molecule has 6 nitrogen and oxygen atoms in total. The molecular weight excluding hydrogens is 318 g/mol. The normalized spacial score (nSPS) is 20.5. The van der Waals surface area contributed by atoms with E-state index in [4.69, 9.17) is 4.74 Å². The van der Waals surface area contributed by atoms with E-state index in [1.807, 2.05) is 45.0 Å². The number of carbonyl (C=O) groups is 2. The molecule has 1 atom stereocenters. The molecule has 0 bridgehead atoms. The number of nitrogens with one attached hydrogen (secondary N) is 2. The minimum Gasteiger partial charge on any atom is -0.443 e. The number of nitrogens with zero attached hydrogens (tertiary/aromatic N) is 1. The molecule has 2 amide bonds. The Bertz CT molecular complexity index is 623. The van der Waals surface area contributed by atoms with E-state index < -0.39 is 17.7 Å². The summed E-state index contributed by atoms with van der Waals surface area (Å²) in [7, 11) is 0. The van der Waals surface area contributed by atoms with Crippen molar-refractivity contribution in [2.75, 3.05) is 18.4 Å². The van der Waals surface area contributed by atoms with Crippen LogP contribution in [-0.4, -0.2) is 47.7 Å². The number of benzene rings is 1. The maximum absolute atomic E-state index is 13.2. The van der Waals surface area contributed by atoms with Crippen molar-refractivity contribution in [2.45, 2.75) is 57.7 Å². The number of ether oxygens (including phenoxy) is 1. The van der Waals surface area contributed by atoms with Crippen LogP contribution in [0.25, 0.3) is 0 Å². The van der Waals surface area contributed by atoms with Gasteiger partial charge >= 0.3 is 6.09 Å². The average molecular weight is 345 g/mol. The van der Waals surface area contributed by atoms with Gasteiger partial charge in [0.25, 0.3) is 5.91 Å². The molecule has 0 saturated carbocycles. The minimum absolute atomic E-state index is 0.117. The molecule has 25 heavy (non-hydrogen) atoms. The van der Waals surface area contributed by atoms with Crippen LogP contribution in [0.3, 0.4) is 0 Å². The smallest absolute Gasteiger partial charge is 0.417 e. The third-order valence-corrected chi connectivity index (χ3v) is 4.57. The molecular formula is C19H27N3O3. The molecule has 0 unspecified atom stereocenters. The number of para-hydroxylation sites is 1. The van der Waals surface area contributed by atoms with E-state index in [9.17, 15) is 9.59 Å². The highest BCUT2D eigenvalue weighted by Gasteiger charge is 2.39. The van der Waals surface area contributed by atoms with E-state index in [0.29, 0.717) is 6.42 Å². The third kappa shape index (κ3) is 4.12. The van der Waals surface area contributed by atoms with Gasteiger partial charge in [-0.1, -0.05) is 18.2 Å². The maximum atomic E-state index is 13.2. The van der Waals surface area contributed by atoms with Crippen LogP contribution in [0.1, 0.15) is 39.2 Å². The monoisotopic (exact) mass is 345 g/mol. The highest BCUT2D eigenvalue weighted by Crippen LogP contribution is 2.28. The van der Waals surface area contributed by atoms with Crippen LogP contribution < -0.4 is 10.6 Å². The van der Waals surface area contributed by atoms with Crippen molar-refractivity contribution in [1.29, 1.82) is 0 Å². The minimum atomic E-state index is -0.630. The van der Waals surface area contributed by atoms with Crippen LogP contribution in [0.5, 0.6) is 0 Å². The molecule has 1 aromatic carbocycles. The molecule has 2 heterocycles. The van der Waals surface area contributed by atoms with E-state index in [1.165, 1.54) is 4.90 Å². The highest BCUT2D eigenvalue weighted by molar-refractivity contribution is 5.98. The van der Waals surface area contributed by atoms with Crippen LogP contribution >= 0.6 is 0 Å². The Labute approximate surface area is 148 Å². The molecule has 2 N–H and O–H groups in total. The zero-order valence-corrected chi connectivity index (χ0v) is 15.2. The maximum Gasteiger partial charge on any atom is 0.417 e. The second-order valence-electron chi connectivity index (χ2n) is 7.73. The first-order valence-corrected chi connectivity index (χ1v) is 8.96. The van der Waals surface area contributed by atoms with Gasteiger partial charge in [0.1, 0.15) is 11.6 Å². The standard InChI is InChI=1S/C19H27N3O3/c1-19(2,3)25-18(24)22(14-8-10-20-11-9-14)17(23)16-12-13-6-4-5-7-15(13)21-16/h4-7,14,16,20-21H,8-12H2,1-3H3/t16-/m1/s1. The summed E-state index contributed by atoms with van der Waals surface area (Å²) in [6.07, 6.45) is 1.57. The van der Waals surface area contributed by atoms with Crippen molar-refractivity contribution in [3.63, 3.8) is 0 Å². The van der Waals surface area contributed by atoms with Crippen molar-refractivity contribution in [3.8, 4) is 0 Å². The summed E-state index contributed by atoms with van der Waals surface area (Å²) < 4.78 is 5.53. The van der Waals surface area contributed by atoms with E-state index in [2.05, 4.69) is 10.6 Å². The second kappa shape index (κ2) is 7.04. The van der Waals surface area contributed by atoms with Gasteiger partial charge in [0.2, 0.25) is 0 Å². The van der Waals surface area contributed by atoms with Crippen molar-refractivity contribution in [1.82, 2.24) is 10.2 Å². The number of carbonyl (C=O) groups excluding carboxylic acids is 2. The number of imide groups is 1. The molecule has 0 aromatic heterocycles. The second-order valence-corrected chi connectivity index (χ2v) is 7.73. The van der Waals surface area contributed by atoms with Gasteiger partial charge in [-0.15, -0.1) is 0 Å². The van der Waals surface area contributed by atoms with Crippen molar-refractivity contribution in [2.24, 2.45) is 0 Å². The Hall–Kier alpha value is -2.08. The lowest BCUT2D eigenvalue weighted by molar-refractivity contribution is -0.133. The summed E-state index contributed by atoms with van der Waals surface area (Å²) in [6, 6.07) is 7.35. The molecule has 2 aliphatic rings. The number of piperidine rings is 1. The summed E-state index contributed by atoms with van der Waals surface area (Å²) >= 11 is 0. The number of hydrogen-bond donors (Lipinski definition) is 2. The fourth-order valence-electron chi connectivity index (χ4n) is 3.41. The average Bonchev–Trinajstić information content (AvgIpc) is 2.98. The largest absolute Gasteiger partial charge is 0.443 e. The zero-order chi connectivity index (χ0) is 18.0.